The first-order chi connectivity index (χ1) is 11.0. The van der Waals surface area contributed by atoms with Crippen molar-refractivity contribution in [3.05, 3.63) is 29.8 Å². The van der Waals surface area contributed by atoms with E-state index in [0.717, 1.165) is 23.7 Å². The zero-order valence-corrected chi connectivity index (χ0v) is 15.0. The summed E-state index contributed by atoms with van der Waals surface area (Å²) in [6.45, 7) is 8.01. The minimum absolute atomic E-state index is 0.323. The highest BCUT2D eigenvalue weighted by atomic mass is 16.5. The molecule has 0 aliphatic heterocycles. The highest BCUT2D eigenvalue weighted by Crippen LogP contribution is 2.18. The largest absolute Gasteiger partial charge is 0.496 e. The van der Waals surface area contributed by atoms with Gasteiger partial charge in [-0.1, -0.05) is 44.9 Å². The van der Waals surface area contributed by atoms with Gasteiger partial charge in [0.05, 0.1) is 26.4 Å². The second kappa shape index (κ2) is 11.4. The average Bonchev–Trinajstić information content (AvgIpc) is 2.53. The number of para-hydroxylation sites is 1. The molecule has 1 aromatic carbocycles. The number of aliphatic hydroxyl groups excluding tert-OH is 1. The number of rotatable bonds is 12. The molecule has 0 aromatic heterocycles. The van der Waals surface area contributed by atoms with Gasteiger partial charge in [0, 0.05) is 18.2 Å². The fraction of sp³-hybridized carbons (Fsp3) is 0.684. The summed E-state index contributed by atoms with van der Waals surface area (Å²) in [6.07, 6.45) is 3.15. The molecule has 2 atom stereocenters. The lowest BCUT2D eigenvalue weighted by atomic mass is 10.0. The van der Waals surface area contributed by atoms with E-state index < -0.39 is 6.10 Å². The molecule has 0 amide bonds. The summed E-state index contributed by atoms with van der Waals surface area (Å²) >= 11 is 0. The number of hydrogen-bond donors (Lipinski definition) is 2. The zero-order chi connectivity index (χ0) is 17.1. The maximum atomic E-state index is 10.00. The Kier molecular flexibility index (Phi) is 9.92. The van der Waals surface area contributed by atoms with Crippen LogP contribution in [0.25, 0.3) is 0 Å². The normalized spacial score (nSPS) is 14.0. The van der Waals surface area contributed by atoms with E-state index >= 15 is 0 Å². The highest BCUT2D eigenvalue weighted by molar-refractivity contribution is 5.32. The molecule has 2 N–H and O–H groups in total. The molecule has 1 aromatic rings. The maximum absolute atomic E-state index is 10.00. The van der Waals surface area contributed by atoms with E-state index in [0.29, 0.717) is 25.8 Å². The molecule has 0 spiro atoms. The maximum Gasteiger partial charge on any atom is 0.124 e. The molecule has 0 heterocycles. The minimum Gasteiger partial charge on any atom is -0.496 e. The van der Waals surface area contributed by atoms with Gasteiger partial charge >= 0.3 is 0 Å². The van der Waals surface area contributed by atoms with E-state index in [9.17, 15) is 5.11 Å². The van der Waals surface area contributed by atoms with Crippen LogP contribution in [0.15, 0.2) is 24.3 Å². The Balaban J connectivity index is 2.15. The van der Waals surface area contributed by atoms with Gasteiger partial charge < -0.3 is 19.9 Å². The summed E-state index contributed by atoms with van der Waals surface area (Å²) in [5.74, 6) is 1.58. The smallest absolute Gasteiger partial charge is 0.124 e. The van der Waals surface area contributed by atoms with Crippen molar-refractivity contribution in [2.45, 2.75) is 58.8 Å². The quantitative estimate of drug-likeness (QED) is 0.619. The van der Waals surface area contributed by atoms with Crippen molar-refractivity contribution in [1.29, 1.82) is 0 Å². The lowest BCUT2D eigenvalue weighted by molar-refractivity contribution is 0.0270. The second-order valence-electron chi connectivity index (χ2n) is 6.61. The van der Waals surface area contributed by atoms with E-state index in [-0.39, 0.29) is 0 Å². The van der Waals surface area contributed by atoms with Crippen LogP contribution in [0.5, 0.6) is 5.75 Å². The predicted molar refractivity (Wildman–Crippen MR) is 94.8 cm³/mol. The van der Waals surface area contributed by atoms with Crippen molar-refractivity contribution in [3.8, 4) is 5.75 Å². The molecule has 0 aliphatic rings. The second-order valence-corrected chi connectivity index (χ2v) is 6.61. The highest BCUT2D eigenvalue weighted by Gasteiger charge is 2.09. The van der Waals surface area contributed by atoms with E-state index in [1.165, 1.54) is 12.8 Å². The molecule has 0 fully saturated rings. The lowest BCUT2D eigenvalue weighted by Gasteiger charge is -2.18. The van der Waals surface area contributed by atoms with Crippen LogP contribution in [0.1, 0.15) is 45.6 Å². The van der Waals surface area contributed by atoms with Gasteiger partial charge in [0.15, 0.2) is 0 Å². The number of aliphatic hydroxyl groups is 1. The zero-order valence-electron chi connectivity index (χ0n) is 15.0. The molecule has 0 unspecified atom stereocenters. The molecular weight excluding hydrogens is 290 g/mol. The van der Waals surface area contributed by atoms with Crippen molar-refractivity contribution in [3.63, 3.8) is 0 Å². The monoisotopic (exact) mass is 323 g/mol. The summed E-state index contributed by atoms with van der Waals surface area (Å²) in [6, 6.07) is 8.20. The Morgan fingerprint density at radius 2 is 1.87 bits per heavy atom. The van der Waals surface area contributed by atoms with Gasteiger partial charge in [-0.25, -0.2) is 0 Å². The molecule has 1 rings (SSSR count). The third-order valence-corrected chi connectivity index (χ3v) is 3.88. The summed E-state index contributed by atoms with van der Waals surface area (Å²) in [5.41, 5.74) is 0.997. The summed E-state index contributed by atoms with van der Waals surface area (Å²) in [4.78, 5) is 0. The molecule has 0 saturated heterocycles. The number of hydrogen-bond acceptors (Lipinski definition) is 4. The van der Waals surface area contributed by atoms with Gasteiger partial charge in [-0.15, -0.1) is 0 Å². The minimum atomic E-state index is -0.489. The SMILES string of the molecule is COc1ccccc1COC[C@H](O)CN[C@H](C)CCCC(C)C. The van der Waals surface area contributed by atoms with Crippen LogP contribution in [-0.2, 0) is 11.3 Å². The molecule has 0 bridgehead atoms. The third kappa shape index (κ3) is 8.94. The van der Waals surface area contributed by atoms with Crippen LogP contribution in [-0.4, -0.2) is 37.5 Å². The van der Waals surface area contributed by atoms with Gasteiger partial charge in [0.1, 0.15) is 5.75 Å². The summed E-state index contributed by atoms with van der Waals surface area (Å²) in [5, 5.41) is 13.4. The van der Waals surface area contributed by atoms with Gasteiger partial charge in [-0.2, -0.15) is 0 Å². The summed E-state index contributed by atoms with van der Waals surface area (Å²) in [7, 11) is 1.65. The van der Waals surface area contributed by atoms with Crippen molar-refractivity contribution in [2.24, 2.45) is 5.92 Å². The lowest BCUT2D eigenvalue weighted by Crippen LogP contribution is -2.36. The van der Waals surface area contributed by atoms with E-state index in [1.807, 2.05) is 24.3 Å². The van der Waals surface area contributed by atoms with Crippen LogP contribution in [0, 0.1) is 5.92 Å². The standard InChI is InChI=1S/C19H33NO3/c1-15(2)8-7-9-16(3)20-12-18(21)14-23-13-17-10-5-6-11-19(17)22-4/h5-6,10-11,15-16,18,20-21H,7-9,12-14H2,1-4H3/t16-,18-/m1/s1. The van der Waals surface area contributed by atoms with Crippen LogP contribution in [0.3, 0.4) is 0 Å². The molecule has 23 heavy (non-hydrogen) atoms. The molecule has 0 radical (unpaired) electrons. The summed E-state index contributed by atoms with van der Waals surface area (Å²) < 4.78 is 10.9. The third-order valence-electron chi connectivity index (χ3n) is 3.88. The molecule has 0 saturated carbocycles. The number of benzene rings is 1. The molecule has 4 nitrogen and oxygen atoms in total. The van der Waals surface area contributed by atoms with Crippen molar-refractivity contribution in [1.82, 2.24) is 5.32 Å². The first-order valence-corrected chi connectivity index (χ1v) is 8.64. The van der Waals surface area contributed by atoms with Gasteiger partial charge in [-0.3, -0.25) is 0 Å². The van der Waals surface area contributed by atoms with Gasteiger partial charge in [0.25, 0.3) is 0 Å². The average molecular weight is 323 g/mol. The molecule has 4 heteroatoms. The first-order valence-electron chi connectivity index (χ1n) is 8.64. The van der Waals surface area contributed by atoms with Crippen molar-refractivity contribution >= 4 is 0 Å². The predicted octanol–water partition coefficient (Wildman–Crippen LogP) is 3.38. The Morgan fingerprint density at radius 3 is 2.57 bits per heavy atom. The van der Waals surface area contributed by atoms with Crippen molar-refractivity contribution < 1.29 is 14.6 Å². The van der Waals surface area contributed by atoms with E-state index in [1.54, 1.807) is 7.11 Å². The number of ether oxygens (including phenoxy) is 2. The Bertz CT molecular complexity index is 423. The topological polar surface area (TPSA) is 50.7 Å². The number of methoxy groups -OCH3 is 1. The fourth-order valence-corrected chi connectivity index (χ4v) is 2.46. The fourth-order valence-electron chi connectivity index (χ4n) is 2.46. The Labute approximate surface area is 141 Å². The van der Waals surface area contributed by atoms with Gasteiger partial charge in [0.2, 0.25) is 0 Å². The Morgan fingerprint density at radius 1 is 1.13 bits per heavy atom. The molecular formula is C19H33NO3. The van der Waals surface area contributed by atoms with Crippen LogP contribution < -0.4 is 10.1 Å². The van der Waals surface area contributed by atoms with Gasteiger partial charge in [-0.05, 0) is 25.3 Å². The van der Waals surface area contributed by atoms with Crippen molar-refractivity contribution in [2.75, 3.05) is 20.3 Å². The Hall–Kier alpha value is -1.10. The first kappa shape index (κ1) is 19.9. The molecule has 132 valence electrons. The van der Waals surface area contributed by atoms with Crippen LogP contribution in [0.2, 0.25) is 0 Å². The van der Waals surface area contributed by atoms with Crippen LogP contribution >= 0.6 is 0 Å². The molecule has 0 aliphatic carbocycles. The van der Waals surface area contributed by atoms with E-state index in [4.69, 9.17) is 9.47 Å². The van der Waals surface area contributed by atoms with E-state index in [2.05, 4.69) is 26.1 Å². The number of nitrogens with one attached hydrogen (secondary N) is 1. The van der Waals surface area contributed by atoms with Crippen LogP contribution in [0.4, 0.5) is 0 Å².